The molecule has 0 fully saturated rings. The van der Waals surface area contributed by atoms with Crippen molar-refractivity contribution >= 4 is 38.8 Å². The number of hydrogen-bond donors (Lipinski definition) is 1. The molecule has 3 aromatic rings. The quantitative estimate of drug-likeness (QED) is 0.556. The van der Waals surface area contributed by atoms with Crippen LogP contribution in [0.25, 0.3) is 10.8 Å². The molecule has 1 N–H and O–H groups in total. The Balaban J connectivity index is 1.89. The fourth-order valence-electron chi connectivity index (χ4n) is 2.27. The lowest BCUT2D eigenvalue weighted by atomic mass is 10.1. The SMILES string of the molecule is Cn1nc(C(=O)N/N=C/c2cccc(Br)c2)c2ccccc2c1=O. The number of aryl methyl sites for hydroxylation is 1. The Bertz CT molecular complexity index is 1010. The van der Waals surface area contributed by atoms with Crippen LogP contribution in [-0.2, 0) is 7.05 Å². The molecule has 0 aliphatic carbocycles. The number of carbonyl (C=O) groups excluding carboxylic acids is 1. The van der Waals surface area contributed by atoms with Crippen molar-refractivity contribution in [3.63, 3.8) is 0 Å². The first-order valence-electron chi connectivity index (χ1n) is 7.11. The molecule has 0 bridgehead atoms. The zero-order chi connectivity index (χ0) is 17.1. The second kappa shape index (κ2) is 6.76. The van der Waals surface area contributed by atoms with Crippen molar-refractivity contribution in [2.45, 2.75) is 0 Å². The van der Waals surface area contributed by atoms with Gasteiger partial charge in [-0.1, -0.05) is 46.3 Å². The molecule has 0 radical (unpaired) electrons. The van der Waals surface area contributed by atoms with Crippen molar-refractivity contribution in [3.8, 4) is 0 Å². The van der Waals surface area contributed by atoms with Crippen molar-refractivity contribution < 1.29 is 4.79 Å². The summed E-state index contributed by atoms with van der Waals surface area (Å²) in [5.41, 5.74) is 3.18. The van der Waals surface area contributed by atoms with E-state index in [1.165, 1.54) is 13.3 Å². The Kier molecular flexibility index (Phi) is 4.52. The minimum Gasteiger partial charge on any atom is -0.267 e. The van der Waals surface area contributed by atoms with E-state index in [-0.39, 0.29) is 11.3 Å². The number of aromatic nitrogens is 2. The van der Waals surface area contributed by atoms with Crippen LogP contribution in [-0.4, -0.2) is 21.9 Å². The molecule has 24 heavy (non-hydrogen) atoms. The topological polar surface area (TPSA) is 76.3 Å². The highest BCUT2D eigenvalue weighted by Gasteiger charge is 2.14. The van der Waals surface area contributed by atoms with Crippen LogP contribution in [0.1, 0.15) is 16.1 Å². The van der Waals surface area contributed by atoms with Gasteiger partial charge in [-0.2, -0.15) is 10.2 Å². The van der Waals surface area contributed by atoms with Gasteiger partial charge in [-0.05, 0) is 23.8 Å². The van der Waals surface area contributed by atoms with Crippen molar-refractivity contribution in [2.75, 3.05) is 0 Å². The molecule has 7 heteroatoms. The van der Waals surface area contributed by atoms with Crippen LogP contribution in [0.15, 0.2) is 62.9 Å². The molecule has 0 spiro atoms. The van der Waals surface area contributed by atoms with Gasteiger partial charge in [0.2, 0.25) is 0 Å². The molecule has 0 saturated carbocycles. The van der Waals surface area contributed by atoms with Gasteiger partial charge < -0.3 is 0 Å². The van der Waals surface area contributed by atoms with Gasteiger partial charge in [0.25, 0.3) is 11.5 Å². The lowest BCUT2D eigenvalue weighted by Crippen LogP contribution is -2.27. The Morgan fingerprint density at radius 2 is 1.96 bits per heavy atom. The summed E-state index contributed by atoms with van der Waals surface area (Å²) in [6, 6.07) is 14.4. The van der Waals surface area contributed by atoms with Gasteiger partial charge in [0.05, 0.1) is 11.6 Å². The number of carbonyl (C=O) groups is 1. The summed E-state index contributed by atoms with van der Waals surface area (Å²) in [4.78, 5) is 24.4. The number of nitrogens with one attached hydrogen (secondary N) is 1. The van der Waals surface area contributed by atoms with Crippen LogP contribution in [0.3, 0.4) is 0 Å². The minimum atomic E-state index is -0.479. The van der Waals surface area contributed by atoms with Crippen LogP contribution >= 0.6 is 15.9 Å². The summed E-state index contributed by atoms with van der Waals surface area (Å²) >= 11 is 3.37. The molecule has 0 atom stereocenters. The average molecular weight is 385 g/mol. The van der Waals surface area contributed by atoms with Crippen LogP contribution in [0, 0.1) is 0 Å². The summed E-state index contributed by atoms with van der Waals surface area (Å²) < 4.78 is 2.07. The third-order valence-electron chi connectivity index (χ3n) is 3.40. The molecule has 1 amide bonds. The molecule has 3 rings (SSSR count). The molecule has 2 aromatic carbocycles. The maximum atomic E-state index is 12.4. The largest absolute Gasteiger partial charge is 0.292 e. The third kappa shape index (κ3) is 3.26. The first-order chi connectivity index (χ1) is 11.6. The van der Waals surface area contributed by atoms with Gasteiger partial charge in [-0.25, -0.2) is 10.1 Å². The first kappa shape index (κ1) is 16.1. The van der Waals surface area contributed by atoms with Crippen molar-refractivity contribution in [2.24, 2.45) is 12.1 Å². The van der Waals surface area contributed by atoms with Crippen molar-refractivity contribution in [1.82, 2.24) is 15.2 Å². The number of halogens is 1. The minimum absolute atomic E-state index is 0.152. The number of hydrogen-bond acceptors (Lipinski definition) is 4. The Hall–Kier alpha value is -2.80. The van der Waals surface area contributed by atoms with Crippen LogP contribution < -0.4 is 11.0 Å². The summed E-state index contributed by atoms with van der Waals surface area (Å²) in [6.07, 6.45) is 1.53. The van der Waals surface area contributed by atoms with Crippen LogP contribution in [0.5, 0.6) is 0 Å². The van der Waals surface area contributed by atoms with Gasteiger partial charge in [-0.15, -0.1) is 0 Å². The van der Waals surface area contributed by atoms with Gasteiger partial charge in [0.1, 0.15) is 0 Å². The smallest absolute Gasteiger partial charge is 0.267 e. The van der Waals surface area contributed by atoms with Gasteiger partial charge in [0, 0.05) is 16.9 Å². The summed E-state index contributed by atoms with van der Waals surface area (Å²) in [5, 5.41) is 8.93. The van der Waals surface area contributed by atoms with Gasteiger partial charge in [0.15, 0.2) is 5.69 Å². The van der Waals surface area contributed by atoms with E-state index >= 15 is 0 Å². The van der Waals surface area contributed by atoms with E-state index in [1.54, 1.807) is 24.3 Å². The monoisotopic (exact) mass is 384 g/mol. The highest BCUT2D eigenvalue weighted by atomic mass is 79.9. The highest BCUT2D eigenvalue weighted by Crippen LogP contribution is 2.13. The van der Waals surface area contributed by atoms with Crippen LogP contribution in [0.2, 0.25) is 0 Å². The van der Waals surface area contributed by atoms with Gasteiger partial charge >= 0.3 is 0 Å². The second-order valence-electron chi connectivity index (χ2n) is 5.08. The lowest BCUT2D eigenvalue weighted by molar-refractivity contribution is 0.0950. The molecular formula is C17H13BrN4O2. The molecule has 0 aliphatic rings. The zero-order valence-corrected chi connectivity index (χ0v) is 14.3. The molecule has 0 unspecified atom stereocenters. The van der Waals surface area contributed by atoms with Crippen molar-refractivity contribution in [1.29, 1.82) is 0 Å². The Labute approximate surface area is 145 Å². The molecular weight excluding hydrogens is 372 g/mol. The van der Waals surface area contributed by atoms with E-state index in [0.717, 1.165) is 14.7 Å². The number of hydrazone groups is 1. The van der Waals surface area contributed by atoms with Gasteiger partial charge in [-0.3, -0.25) is 9.59 Å². The number of nitrogens with zero attached hydrogens (tertiary/aromatic N) is 3. The first-order valence-corrected chi connectivity index (χ1v) is 7.90. The number of amides is 1. The number of benzene rings is 2. The van der Waals surface area contributed by atoms with E-state index < -0.39 is 5.91 Å². The van der Waals surface area contributed by atoms with Crippen molar-refractivity contribution in [3.05, 3.63) is 74.6 Å². The number of rotatable bonds is 3. The molecule has 1 aromatic heterocycles. The maximum Gasteiger partial charge on any atom is 0.292 e. The number of fused-ring (bicyclic) bond motifs is 1. The van der Waals surface area contributed by atoms with E-state index in [9.17, 15) is 9.59 Å². The van der Waals surface area contributed by atoms with E-state index in [1.807, 2.05) is 24.3 Å². The molecule has 6 nitrogen and oxygen atoms in total. The summed E-state index contributed by atoms with van der Waals surface area (Å²) in [5.74, 6) is -0.479. The molecule has 1 heterocycles. The molecule has 0 saturated heterocycles. The highest BCUT2D eigenvalue weighted by molar-refractivity contribution is 9.10. The Morgan fingerprint density at radius 3 is 2.71 bits per heavy atom. The fourth-order valence-corrected chi connectivity index (χ4v) is 2.69. The molecule has 0 aliphatic heterocycles. The maximum absolute atomic E-state index is 12.4. The lowest BCUT2D eigenvalue weighted by Gasteiger charge is -2.06. The standard InChI is InChI=1S/C17H13BrN4O2/c1-22-17(24)14-8-3-2-7-13(14)15(21-22)16(23)20-19-10-11-5-4-6-12(18)9-11/h2-10H,1H3,(H,20,23)/b19-10+. The zero-order valence-electron chi connectivity index (χ0n) is 12.7. The predicted molar refractivity (Wildman–Crippen MR) is 96.2 cm³/mol. The second-order valence-corrected chi connectivity index (χ2v) is 5.99. The summed E-state index contributed by atoms with van der Waals surface area (Å²) in [7, 11) is 1.51. The van der Waals surface area contributed by atoms with Crippen LogP contribution in [0.4, 0.5) is 0 Å². The predicted octanol–water partition coefficient (Wildman–Crippen LogP) is 2.46. The van der Waals surface area contributed by atoms with E-state index in [0.29, 0.717) is 10.8 Å². The third-order valence-corrected chi connectivity index (χ3v) is 3.89. The average Bonchev–Trinajstić information content (AvgIpc) is 2.58. The normalized spacial score (nSPS) is 11.1. The van der Waals surface area contributed by atoms with E-state index in [4.69, 9.17) is 0 Å². The Morgan fingerprint density at radius 1 is 1.21 bits per heavy atom. The van der Waals surface area contributed by atoms with E-state index in [2.05, 4.69) is 31.6 Å². The molecule has 120 valence electrons. The fraction of sp³-hybridized carbons (Fsp3) is 0.0588. The summed E-state index contributed by atoms with van der Waals surface area (Å²) in [6.45, 7) is 0.